The molecule has 26 heavy (non-hydrogen) atoms. The molecule has 0 aliphatic heterocycles. The van der Waals surface area contributed by atoms with Crippen molar-refractivity contribution in [1.29, 1.82) is 0 Å². The fraction of sp³-hybridized carbons (Fsp3) is 0.300. The van der Waals surface area contributed by atoms with Gasteiger partial charge in [0.2, 0.25) is 0 Å². The number of esters is 1. The lowest BCUT2D eigenvalue weighted by atomic mass is 10.1. The van der Waals surface area contributed by atoms with Crippen LogP contribution in [0.5, 0.6) is 5.75 Å². The Bertz CT molecular complexity index is 728. The van der Waals surface area contributed by atoms with Crippen molar-refractivity contribution in [2.24, 2.45) is 0 Å². The number of carbonyl (C=O) groups excluding carboxylic acids is 2. The molecule has 0 bridgehead atoms. The first-order valence-electron chi connectivity index (χ1n) is 8.40. The summed E-state index contributed by atoms with van der Waals surface area (Å²) in [5.74, 6) is -1.12. The molecule has 1 atom stereocenters. The van der Waals surface area contributed by atoms with Crippen molar-refractivity contribution in [3.63, 3.8) is 0 Å². The number of halogens is 1. The number of hydrogen-bond acceptors (Lipinski definition) is 4. The molecule has 0 fully saturated rings. The van der Waals surface area contributed by atoms with Gasteiger partial charge in [-0.05, 0) is 48.7 Å². The minimum Gasteiger partial charge on any atom is -0.482 e. The van der Waals surface area contributed by atoms with Crippen LogP contribution in [0.25, 0.3) is 0 Å². The molecular weight excluding hydrogens is 337 g/mol. The van der Waals surface area contributed by atoms with Crippen LogP contribution in [-0.4, -0.2) is 25.1 Å². The summed E-state index contributed by atoms with van der Waals surface area (Å²) >= 11 is 0. The SMILES string of the molecule is CCc1ccc([C@@H](C)NC(=O)COC(=O)COc2ccc(F)cc2)cc1. The Morgan fingerprint density at radius 1 is 1.04 bits per heavy atom. The maximum atomic E-state index is 12.8. The fourth-order valence-corrected chi connectivity index (χ4v) is 2.27. The van der Waals surface area contributed by atoms with Crippen molar-refractivity contribution in [2.75, 3.05) is 13.2 Å². The van der Waals surface area contributed by atoms with Crippen molar-refractivity contribution in [3.8, 4) is 5.75 Å². The van der Waals surface area contributed by atoms with Gasteiger partial charge in [-0.1, -0.05) is 31.2 Å². The number of ether oxygens (including phenoxy) is 2. The monoisotopic (exact) mass is 359 g/mol. The first kappa shape index (κ1) is 19.4. The average Bonchev–Trinajstić information content (AvgIpc) is 2.66. The molecule has 2 aromatic rings. The quantitative estimate of drug-likeness (QED) is 0.735. The zero-order valence-corrected chi connectivity index (χ0v) is 14.8. The molecular formula is C20H22FNO4. The van der Waals surface area contributed by atoms with Gasteiger partial charge in [0.05, 0.1) is 6.04 Å². The highest BCUT2D eigenvalue weighted by atomic mass is 19.1. The lowest BCUT2D eigenvalue weighted by molar-refractivity contribution is -0.150. The normalized spacial score (nSPS) is 11.5. The molecule has 138 valence electrons. The van der Waals surface area contributed by atoms with Gasteiger partial charge in [-0.2, -0.15) is 0 Å². The number of rotatable bonds is 8. The van der Waals surface area contributed by atoms with E-state index in [-0.39, 0.29) is 19.3 Å². The van der Waals surface area contributed by atoms with Crippen molar-refractivity contribution < 1.29 is 23.5 Å². The second-order valence-corrected chi connectivity index (χ2v) is 5.79. The molecule has 0 heterocycles. The summed E-state index contributed by atoms with van der Waals surface area (Å²) in [6.07, 6.45) is 0.955. The number of carbonyl (C=O) groups is 2. The minimum atomic E-state index is -0.676. The Balaban J connectivity index is 1.71. The lowest BCUT2D eigenvalue weighted by Gasteiger charge is -2.15. The largest absolute Gasteiger partial charge is 0.482 e. The summed E-state index contributed by atoms with van der Waals surface area (Å²) in [5, 5.41) is 2.77. The maximum Gasteiger partial charge on any atom is 0.344 e. The number of nitrogens with one attached hydrogen (secondary N) is 1. The second-order valence-electron chi connectivity index (χ2n) is 5.79. The molecule has 1 N–H and O–H groups in total. The van der Waals surface area contributed by atoms with Gasteiger partial charge >= 0.3 is 5.97 Å². The summed E-state index contributed by atoms with van der Waals surface area (Å²) in [4.78, 5) is 23.5. The van der Waals surface area contributed by atoms with E-state index >= 15 is 0 Å². The highest BCUT2D eigenvalue weighted by molar-refractivity contribution is 5.81. The summed E-state index contributed by atoms with van der Waals surface area (Å²) in [6, 6.07) is 13.0. The Kier molecular flexibility index (Phi) is 7.14. The van der Waals surface area contributed by atoms with Crippen LogP contribution in [0.3, 0.4) is 0 Å². The van der Waals surface area contributed by atoms with Crippen LogP contribution in [-0.2, 0) is 20.7 Å². The minimum absolute atomic E-state index is 0.192. The number of hydrogen-bond donors (Lipinski definition) is 1. The van der Waals surface area contributed by atoms with Crippen molar-refractivity contribution >= 4 is 11.9 Å². The number of amides is 1. The topological polar surface area (TPSA) is 64.6 Å². The first-order chi connectivity index (χ1) is 12.5. The summed E-state index contributed by atoms with van der Waals surface area (Å²) in [5.41, 5.74) is 2.20. The third-order valence-electron chi connectivity index (χ3n) is 3.80. The van der Waals surface area contributed by atoms with E-state index in [1.54, 1.807) is 0 Å². The Morgan fingerprint density at radius 2 is 1.69 bits per heavy atom. The van der Waals surface area contributed by atoms with Crippen LogP contribution in [0, 0.1) is 5.82 Å². The molecule has 0 saturated carbocycles. The molecule has 6 heteroatoms. The summed E-state index contributed by atoms with van der Waals surface area (Å²) in [6.45, 7) is 3.20. The smallest absolute Gasteiger partial charge is 0.344 e. The van der Waals surface area contributed by atoms with E-state index in [4.69, 9.17) is 9.47 Å². The molecule has 0 aromatic heterocycles. The van der Waals surface area contributed by atoms with Gasteiger partial charge in [0, 0.05) is 0 Å². The van der Waals surface area contributed by atoms with Crippen LogP contribution in [0.2, 0.25) is 0 Å². The van der Waals surface area contributed by atoms with E-state index < -0.39 is 17.7 Å². The fourth-order valence-electron chi connectivity index (χ4n) is 2.27. The van der Waals surface area contributed by atoms with Gasteiger partial charge in [0.1, 0.15) is 11.6 Å². The van der Waals surface area contributed by atoms with E-state index in [0.29, 0.717) is 5.75 Å². The van der Waals surface area contributed by atoms with E-state index in [2.05, 4.69) is 12.2 Å². The van der Waals surface area contributed by atoms with Crippen molar-refractivity contribution in [1.82, 2.24) is 5.32 Å². The highest BCUT2D eigenvalue weighted by Crippen LogP contribution is 2.14. The zero-order chi connectivity index (χ0) is 18.9. The molecule has 5 nitrogen and oxygen atoms in total. The molecule has 0 aliphatic rings. The summed E-state index contributed by atoms with van der Waals surface area (Å²) < 4.78 is 22.8. The Labute approximate surface area is 152 Å². The molecule has 0 unspecified atom stereocenters. The van der Waals surface area contributed by atoms with Gasteiger partial charge < -0.3 is 14.8 Å². The lowest BCUT2D eigenvalue weighted by Crippen LogP contribution is -2.31. The van der Waals surface area contributed by atoms with Crippen LogP contribution in [0.1, 0.15) is 31.0 Å². The number of aryl methyl sites for hydroxylation is 1. The van der Waals surface area contributed by atoms with Crippen LogP contribution < -0.4 is 10.1 Å². The van der Waals surface area contributed by atoms with E-state index in [1.165, 1.54) is 29.8 Å². The molecule has 1 amide bonds. The summed E-state index contributed by atoms with van der Waals surface area (Å²) in [7, 11) is 0. The van der Waals surface area contributed by atoms with Crippen molar-refractivity contribution in [3.05, 3.63) is 65.5 Å². The predicted octanol–water partition coefficient (Wildman–Crippen LogP) is 3.19. The Morgan fingerprint density at radius 3 is 2.31 bits per heavy atom. The van der Waals surface area contributed by atoms with Gasteiger partial charge in [-0.15, -0.1) is 0 Å². The van der Waals surface area contributed by atoms with Crippen LogP contribution in [0.15, 0.2) is 48.5 Å². The third kappa shape index (κ3) is 6.20. The third-order valence-corrected chi connectivity index (χ3v) is 3.80. The number of benzene rings is 2. The maximum absolute atomic E-state index is 12.8. The molecule has 0 spiro atoms. The molecule has 0 aliphatic carbocycles. The van der Waals surface area contributed by atoms with Crippen LogP contribution in [0.4, 0.5) is 4.39 Å². The molecule has 0 radical (unpaired) electrons. The standard InChI is InChI=1S/C20H22FNO4/c1-3-15-4-6-16(7-5-15)14(2)22-19(23)12-26-20(24)13-25-18-10-8-17(21)9-11-18/h4-11,14H,3,12-13H2,1-2H3,(H,22,23)/t14-/m1/s1. The van der Waals surface area contributed by atoms with Crippen molar-refractivity contribution in [2.45, 2.75) is 26.3 Å². The average molecular weight is 359 g/mol. The van der Waals surface area contributed by atoms with E-state index in [9.17, 15) is 14.0 Å². The van der Waals surface area contributed by atoms with Gasteiger partial charge in [-0.25, -0.2) is 9.18 Å². The highest BCUT2D eigenvalue weighted by Gasteiger charge is 2.12. The first-order valence-corrected chi connectivity index (χ1v) is 8.40. The molecule has 2 rings (SSSR count). The zero-order valence-electron chi connectivity index (χ0n) is 14.8. The predicted molar refractivity (Wildman–Crippen MR) is 95.2 cm³/mol. The van der Waals surface area contributed by atoms with E-state index in [0.717, 1.165) is 12.0 Å². The molecule has 2 aromatic carbocycles. The molecule has 0 saturated heterocycles. The van der Waals surface area contributed by atoms with Gasteiger partial charge in [0.15, 0.2) is 13.2 Å². The Hall–Kier alpha value is -2.89. The second kappa shape index (κ2) is 9.56. The van der Waals surface area contributed by atoms with E-state index in [1.807, 2.05) is 31.2 Å². The van der Waals surface area contributed by atoms with Gasteiger partial charge in [0.25, 0.3) is 5.91 Å². The van der Waals surface area contributed by atoms with Gasteiger partial charge in [-0.3, -0.25) is 4.79 Å². The van der Waals surface area contributed by atoms with Crippen LogP contribution >= 0.6 is 0 Å².